The second-order valence-electron chi connectivity index (χ2n) is 4.73. The van der Waals surface area contributed by atoms with Crippen LogP contribution in [0.1, 0.15) is 18.1 Å². The molecule has 0 saturated carbocycles. The number of nitrogens with two attached hydrogens (primary N) is 1. The zero-order valence-corrected chi connectivity index (χ0v) is 13.4. The number of ether oxygens (including phenoxy) is 2. The maximum Gasteiger partial charge on any atom is 0.142 e. The molecule has 0 bridgehead atoms. The smallest absolute Gasteiger partial charge is 0.142 e. The van der Waals surface area contributed by atoms with Gasteiger partial charge in [0.15, 0.2) is 0 Å². The lowest BCUT2D eigenvalue weighted by Gasteiger charge is -2.28. The number of hydrogen-bond acceptors (Lipinski definition) is 3. The molecule has 0 heterocycles. The van der Waals surface area contributed by atoms with Crippen LogP contribution in [0.15, 0.2) is 46.9 Å². The summed E-state index contributed by atoms with van der Waals surface area (Å²) in [6.07, 6.45) is 0. The van der Waals surface area contributed by atoms with Gasteiger partial charge in [-0.2, -0.15) is 0 Å². The second kappa shape index (κ2) is 5.85. The van der Waals surface area contributed by atoms with E-state index < -0.39 is 5.54 Å². The molecule has 1 atom stereocenters. The van der Waals surface area contributed by atoms with Crippen LogP contribution in [-0.2, 0) is 5.54 Å². The van der Waals surface area contributed by atoms with E-state index in [0.29, 0.717) is 5.75 Å². The first-order valence-corrected chi connectivity index (χ1v) is 7.07. The normalized spacial score (nSPS) is 13.7. The molecule has 0 aliphatic heterocycles. The minimum atomic E-state index is -0.651. The number of hydrogen-bond donors (Lipinski definition) is 1. The van der Waals surface area contributed by atoms with Gasteiger partial charge in [-0.1, -0.05) is 30.3 Å². The topological polar surface area (TPSA) is 44.5 Å². The Bertz CT molecular complexity index is 597. The summed E-state index contributed by atoms with van der Waals surface area (Å²) in [4.78, 5) is 0. The van der Waals surface area contributed by atoms with Gasteiger partial charge in [-0.05, 0) is 40.5 Å². The minimum absolute atomic E-state index is 0.651. The highest BCUT2D eigenvalue weighted by Crippen LogP contribution is 2.42. The summed E-state index contributed by atoms with van der Waals surface area (Å²) in [6, 6.07) is 13.8. The van der Waals surface area contributed by atoms with E-state index in [9.17, 15) is 0 Å². The van der Waals surface area contributed by atoms with Crippen molar-refractivity contribution in [1.29, 1.82) is 0 Å². The van der Waals surface area contributed by atoms with Gasteiger partial charge in [0.1, 0.15) is 16.0 Å². The van der Waals surface area contributed by atoms with E-state index in [-0.39, 0.29) is 0 Å². The fourth-order valence-corrected chi connectivity index (χ4v) is 2.91. The number of rotatable bonds is 4. The third kappa shape index (κ3) is 2.53. The molecule has 2 aromatic carbocycles. The molecule has 0 amide bonds. The molecule has 106 valence electrons. The summed E-state index contributed by atoms with van der Waals surface area (Å²) in [5, 5.41) is 0. The summed E-state index contributed by atoms with van der Waals surface area (Å²) in [5.41, 5.74) is 7.83. The van der Waals surface area contributed by atoms with Crippen LogP contribution in [0.25, 0.3) is 0 Å². The average molecular weight is 336 g/mol. The van der Waals surface area contributed by atoms with Crippen molar-refractivity contribution in [2.24, 2.45) is 5.73 Å². The van der Waals surface area contributed by atoms with Crippen molar-refractivity contribution in [2.75, 3.05) is 14.2 Å². The standard InChI is InChI=1S/C16H18BrNO2/c1-16(18,11-7-5-4-6-8-11)12-9-10-13(19-2)14(17)15(12)20-3/h4-10H,18H2,1-3H3. The number of halogens is 1. The lowest BCUT2D eigenvalue weighted by molar-refractivity contribution is 0.379. The molecule has 0 radical (unpaired) electrons. The van der Waals surface area contributed by atoms with Gasteiger partial charge in [0.05, 0.1) is 19.8 Å². The Morgan fingerprint density at radius 3 is 2.20 bits per heavy atom. The van der Waals surface area contributed by atoms with Crippen LogP contribution >= 0.6 is 15.9 Å². The molecule has 0 saturated heterocycles. The lowest BCUT2D eigenvalue weighted by atomic mass is 9.85. The monoisotopic (exact) mass is 335 g/mol. The fraction of sp³-hybridized carbons (Fsp3) is 0.250. The van der Waals surface area contributed by atoms with Crippen molar-refractivity contribution < 1.29 is 9.47 Å². The van der Waals surface area contributed by atoms with Crippen molar-refractivity contribution in [1.82, 2.24) is 0 Å². The molecule has 3 nitrogen and oxygen atoms in total. The third-order valence-corrected chi connectivity index (χ3v) is 4.17. The summed E-state index contributed by atoms with van der Waals surface area (Å²) in [5.74, 6) is 1.41. The Balaban J connectivity index is 2.60. The molecule has 0 spiro atoms. The maximum absolute atomic E-state index is 6.55. The fourth-order valence-electron chi connectivity index (χ4n) is 2.24. The molecule has 0 aromatic heterocycles. The van der Waals surface area contributed by atoms with Gasteiger partial charge in [0.2, 0.25) is 0 Å². The minimum Gasteiger partial charge on any atom is -0.495 e. The molecule has 1 unspecified atom stereocenters. The zero-order chi connectivity index (χ0) is 14.8. The first-order valence-electron chi connectivity index (χ1n) is 6.27. The van der Waals surface area contributed by atoms with Crippen LogP contribution in [0, 0.1) is 0 Å². The van der Waals surface area contributed by atoms with E-state index >= 15 is 0 Å². The highest BCUT2D eigenvalue weighted by molar-refractivity contribution is 9.10. The molecule has 20 heavy (non-hydrogen) atoms. The summed E-state index contributed by atoms with van der Waals surface area (Å²) in [7, 11) is 3.25. The Hall–Kier alpha value is -1.52. The van der Waals surface area contributed by atoms with Crippen molar-refractivity contribution in [2.45, 2.75) is 12.5 Å². The lowest BCUT2D eigenvalue weighted by Crippen LogP contribution is -2.34. The van der Waals surface area contributed by atoms with E-state index in [1.54, 1.807) is 14.2 Å². The largest absolute Gasteiger partial charge is 0.495 e. The van der Waals surface area contributed by atoms with Gasteiger partial charge in [-0.3, -0.25) is 0 Å². The molecule has 0 fully saturated rings. The first-order chi connectivity index (χ1) is 9.52. The van der Waals surface area contributed by atoms with Gasteiger partial charge in [0.25, 0.3) is 0 Å². The quantitative estimate of drug-likeness (QED) is 0.926. The van der Waals surface area contributed by atoms with Crippen LogP contribution in [0.4, 0.5) is 0 Å². The van der Waals surface area contributed by atoms with E-state index in [1.165, 1.54) is 0 Å². The molecule has 0 aliphatic rings. The molecule has 4 heteroatoms. The van der Waals surface area contributed by atoms with E-state index in [1.807, 2.05) is 49.4 Å². The molecular formula is C16H18BrNO2. The van der Waals surface area contributed by atoms with Crippen LogP contribution in [0.2, 0.25) is 0 Å². The molecule has 2 N–H and O–H groups in total. The van der Waals surface area contributed by atoms with Crippen LogP contribution in [0.5, 0.6) is 11.5 Å². The SMILES string of the molecule is COc1ccc(C(C)(N)c2ccccc2)c(OC)c1Br. The van der Waals surface area contributed by atoms with Gasteiger partial charge < -0.3 is 15.2 Å². The van der Waals surface area contributed by atoms with Crippen LogP contribution in [0.3, 0.4) is 0 Å². The van der Waals surface area contributed by atoms with Crippen LogP contribution < -0.4 is 15.2 Å². The Morgan fingerprint density at radius 2 is 1.65 bits per heavy atom. The van der Waals surface area contributed by atoms with Gasteiger partial charge in [-0.15, -0.1) is 0 Å². The maximum atomic E-state index is 6.55. The van der Waals surface area contributed by atoms with Gasteiger partial charge >= 0.3 is 0 Å². The predicted octanol–water partition coefficient (Wildman–Crippen LogP) is 3.69. The van der Waals surface area contributed by atoms with Gasteiger partial charge in [0, 0.05) is 5.56 Å². The number of benzene rings is 2. The Labute approximate surface area is 127 Å². The summed E-state index contributed by atoms with van der Waals surface area (Å²) < 4.78 is 11.6. The van der Waals surface area contributed by atoms with E-state index in [0.717, 1.165) is 21.3 Å². The van der Waals surface area contributed by atoms with Crippen molar-refractivity contribution in [3.8, 4) is 11.5 Å². The van der Waals surface area contributed by atoms with Crippen molar-refractivity contribution in [3.05, 3.63) is 58.1 Å². The molecule has 2 rings (SSSR count). The summed E-state index contributed by atoms with van der Waals surface area (Å²) >= 11 is 3.51. The summed E-state index contributed by atoms with van der Waals surface area (Å²) in [6.45, 7) is 1.97. The van der Waals surface area contributed by atoms with Crippen LogP contribution in [-0.4, -0.2) is 14.2 Å². The molecule has 2 aromatic rings. The predicted molar refractivity (Wildman–Crippen MR) is 84.3 cm³/mol. The zero-order valence-electron chi connectivity index (χ0n) is 11.8. The highest BCUT2D eigenvalue weighted by atomic mass is 79.9. The average Bonchev–Trinajstić information content (AvgIpc) is 2.47. The first kappa shape index (κ1) is 14.9. The highest BCUT2D eigenvalue weighted by Gasteiger charge is 2.29. The van der Waals surface area contributed by atoms with Crippen molar-refractivity contribution >= 4 is 15.9 Å². The third-order valence-electron chi connectivity index (χ3n) is 3.42. The van der Waals surface area contributed by atoms with Crippen molar-refractivity contribution in [3.63, 3.8) is 0 Å². The molecule has 0 aliphatic carbocycles. The Kier molecular flexibility index (Phi) is 4.35. The molecular weight excluding hydrogens is 318 g/mol. The Morgan fingerprint density at radius 1 is 1.00 bits per heavy atom. The van der Waals surface area contributed by atoms with E-state index in [4.69, 9.17) is 15.2 Å². The van der Waals surface area contributed by atoms with E-state index in [2.05, 4.69) is 15.9 Å². The van der Waals surface area contributed by atoms with Gasteiger partial charge in [-0.25, -0.2) is 0 Å². The number of methoxy groups -OCH3 is 2. The second-order valence-corrected chi connectivity index (χ2v) is 5.52.